The summed E-state index contributed by atoms with van der Waals surface area (Å²) in [4.78, 5) is 30.1. The molecule has 3 aromatic rings. The zero-order valence-electron chi connectivity index (χ0n) is 17.0. The monoisotopic (exact) mass is 431 g/mol. The smallest absolute Gasteiger partial charge is 0.266 e. The van der Waals surface area contributed by atoms with E-state index in [4.69, 9.17) is 0 Å². The van der Waals surface area contributed by atoms with Gasteiger partial charge < -0.3 is 5.32 Å². The molecule has 0 spiro atoms. The Morgan fingerprint density at radius 3 is 2.60 bits per heavy atom. The van der Waals surface area contributed by atoms with Crippen molar-refractivity contribution < 1.29 is 13.6 Å². The number of nitrogens with zero attached hydrogens (tertiary/aromatic N) is 2. The van der Waals surface area contributed by atoms with Crippen molar-refractivity contribution in [2.45, 2.75) is 37.6 Å². The molecule has 0 aliphatic carbocycles. The lowest BCUT2D eigenvalue weighted by molar-refractivity contribution is -0.120. The molecule has 8 heteroatoms. The molecule has 1 unspecified atom stereocenters. The Bertz CT molecular complexity index is 1130. The number of para-hydroxylation sites is 1. The Kier molecular flexibility index (Phi) is 6.87. The number of nitrogens with one attached hydrogen (secondary N) is 1. The minimum Gasteiger partial charge on any atom is -0.355 e. The molecule has 1 atom stereocenters. The van der Waals surface area contributed by atoms with Crippen LogP contribution in [0.2, 0.25) is 0 Å². The highest BCUT2D eigenvalue weighted by Gasteiger charge is 2.21. The molecule has 1 aromatic heterocycles. The molecule has 2 aromatic carbocycles. The normalized spacial score (nSPS) is 12.3. The summed E-state index contributed by atoms with van der Waals surface area (Å²) in [6.45, 7) is 6.38. The van der Waals surface area contributed by atoms with Crippen LogP contribution in [0.25, 0.3) is 16.6 Å². The third-order valence-corrected chi connectivity index (χ3v) is 5.62. The summed E-state index contributed by atoms with van der Waals surface area (Å²) in [5, 5.41) is 2.76. The molecule has 0 aliphatic heterocycles. The second kappa shape index (κ2) is 9.38. The summed E-state index contributed by atoms with van der Waals surface area (Å²) in [6.07, 6.45) is 0.850. The molecular formula is C22H23F2N3O2S. The molecular weight excluding hydrogens is 408 g/mol. The van der Waals surface area contributed by atoms with E-state index in [1.54, 1.807) is 31.2 Å². The van der Waals surface area contributed by atoms with Gasteiger partial charge >= 0.3 is 0 Å². The molecule has 3 rings (SSSR count). The fourth-order valence-corrected chi connectivity index (χ4v) is 3.85. The predicted octanol–water partition coefficient (Wildman–Crippen LogP) is 4.31. The minimum atomic E-state index is -0.884. The first-order valence-electron chi connectivity index (χ1n) is 9.69. The molecule has 1 amide bonds. The van der Waals surface area contributed by atoms with Crippen LogP contribution in [0.1, 0.15) is 27.2 Å². The van der Waals surface area contributed by atoms with Crippen molar-refractivity contribution >= 4 is 28.6 Å². The Morgan fingerprint density at radius 1 is 1.17 bits per heavy atom. The van der Waals surface area contributed by atoms with E-state index in [2.05, 4.69) is 24.1 Å². The molecule has 0 saturated heterocycles. The second-order valence-electron chi connectivity index (χ2n) is 7.38. The number of thioether (sulfide) groups is 1. The van der Waals surface area contributed by atoms with E-state index in [0.29, 0.717) is 29.4 Å². The van der Waals surface area contributed by atoms with Gasteiger partial charge in [-0.1, -0.05) is 37.7 Å². The van der Waals surface area contributed by atoms with Crippen LogP contribution >= 0.6 is 11.8 Å². The highest BCUT2D eigenvalue weighted by Crippen LogP contribution is 2.26. The maximum atomic E-state index is 14.5. The highest BCUT2D eigenvalue weighted by atomic mass is 32.2. The molecule has 30 heavy (non-hydrogen) atoms. The van der Waals surface area contributed by atoms with Gasteiger partial charge in [0.25, 0.3) is 5.56 Å². The van der Waals surface area contributed by atoms with Gasteiger partial charge in [0.05, 0.1) is 21.8 Å². The number of carbonyl (C=O) groups excluding carboxylic acids is 1. The van der Waals surface area contributed by atoms with E-state index in [-0.39, 0.29) is 16.8 Å². The van der Waals surface area contributed by atoms with Crippen LogP contribution in [-0.2, 0) is 4.79 Å². The van der Waals surface area contributed by atoms with Gasteiger partial charge in [0.2, 0.25) is 5.91 Å². The number of halogens is 2. The summed E-state index contributed by atoms with van der Waals surface area (Å²) in [5.74, 6) is -1.37. The van der Waals surface area contributed by atoms with Crippen molar-refractivity contribution in [2.75, 3.05) is 6.54 Å². The van der Waals surface area contributed by atoms with Crippen LogP contribution in [0.15, 0.2) is 52.4 Å². The second-order valence-corrected chi connectivity index (χ2v) is 8.69. The summed E-state index contributed by atoms with van der Waals surface area (Å²) in [5.41, 5.74) is -0.160. The topological polar surface area (TPSA) is 64.0 Å². The van der Waals surface area contributed by atoms with Gasteiger partial charge in [0.15, 0.2) is 5.16 Å². The van der Waals surface area contributed by atoms with Gasteiger partial charge in [-0.2, -0.15) is 0 Å². The van der Waals surface area contributed by atoms with Crippen molar-refractivity contribution in [1.29, 1.82) is 0 Å². The molecule has 0 bridgehead atoms. The molecule has 5 nitrogen and oxygen atoms in total. The van der Waals surface area contributed by atoms with Crippen molar-refractivity contribution in [3.63, 3.8) is 0 Å². The van der Waals surface area contributed by atoms with Crippen LogP contribution in [0.4, 0.5) is 8.78 Å². The van der Waals surface area contributed by atoms with E-state index in [1.165, 1.54) is 6.07 Å². The van der Waals surface area contributed by atoms with Gasteiger partial charge in [-0.25, -0.2) is 13.8 Å². The molecule has 158 valence electrons. The molecule has 1 heterocycles. The van der Waals surface area contributed by atoms with Crippen LogP contribution in [0, 0.1) is 17.6 Å². The number of aromatic nitrogens is 2. The van der Waals surface area contributed by atoms with E-state index in [0.717, 1.165) is 28.8 Å². The molecule has 0 fully saturated rings. The maximum Gasteiger partial charge on any atom is 0.266 e. The number of benzene rings is 2. The van der Waals surface area contributed by atoms with Crippen LogP contribution < -0.4 is 10.9 Å². The van der Waals surface area contributed by atoms with Gasteiger partial charge in [-0.3, -0.25) is 14.2 Å². The first-order valence-corrected chi connectivity index (χ1v) is 10.6. The van der Waals surface area contributed by atoms with Gasteiger partial charge in [-0.15, -0.1) is 0 Å². The number of carbonyl (C=O) groups is 1. The van der Waals surface area contributed by atoms with Crippen LogP contribution in [0.5, 0.6) is 0 Å². The summed E-state index contributed by atoms with van der Waals surface area (Å²) in [6, 6.07) is 9.70. The SMILES string of the molecule is CC(C)CCNC(=O)C(C)Sc1nc2ccccc2c(=O)n1-c1ccc(F)cc1F. The minimum absolute atomic E-state index is 0.116. The van der Waals surface area contributed by atoms with Crippen molar-refractivity contribution in [3.05, 3.63) is 64.5 Å². The first kappa shape index (κ1) is 22.0. The van der Waals surface area contributed by atoms with Crippen molar-refractivity contribution in [3.8, 4) is 5.69 Å². The predicted molar refractivity (Wildman–Crippen MR) is 115 cm³/mol. The van der Waals surface area contributed by atoms with Gasteiger partial charge in [-0.05, 0) is 43.5 Å². The standard InChI is InChI=1S/C22H23F2N3O2S/c1-13(2)10-11-25-20(28)14(3)30-22-26-18-7-5-4-6-16(18)21(29)27(22)19-9-8-15(23)12-17(19)24/h4-9,12-14H,10-11H2,1-3H3,(H,25,28). The highest BCUT2D eigenvalue weighted by molar-refractivity contribution is 8.00. The Balaban J connectivity index is 2.02. The average Bonchev–Trinajstić information content (AvgIpc) is 2.69. The molecule has 0 saturated carbocycles. The molecule has 1 N–H and O–H groups in total. The Labute approximate surface area is 177 Å². The number of fused-ring (bicyclic) bond motifs is 1. The number of hydrogen-bond donors (Lipinski definition) is 1. The van der Waals surface area contributed by atoms with Crippen LogP contribution in [-0.4, -0.2) is 27.3 Å². The fraction of sp³-hybridized carbons (Fsp3) is 0.318. The molecule has 0 radical (unpaired) electrons. The number of amides is 1. The number of rotatable bonds is 7. The van der Waals surface area contributed by atoms with E-state index < -0.39 is 22.4 Å². The summed E-state index contributed by atoms with van der Waals surface area (Å²) >= 11 is 1.05. The Hall–Kier alpha value is -2.74. The van der Waals surface area contributed by atoms with E-state index >= 15 is 0 Å². The number of hydrogen-bond acceptors (Lipinski definition) is 4. The lowest BCUT2D eigenvalue weighted by Crippen LogP contribution is -2.33. The lowest BCUT2D eigenvalue weighted by Gasteiger charge is -2.17. The van der Waals surface area contributed by atoms with Gasteiger partial charge in [0, 0.05) is 12.6 Å². The Morgan fingerprint density at radius 2 is 1.90 bits per heavy atom. The average molecular weight is 432 g/mol. The molecule has 0 aliphatic rings. The third-order valence-electron chi connectivity index (χ3n) is 4.57. The zero-order chi connectivity index (χ0) is 21.8. The largest absolute Gasteiger partial charge is 0.355 e. The third kappa shape index (κ3) is 4.87. The summed E-state index contributed by atoms with van der Waals surface area (Å²) in [7, 11) is 0. The summed E-state index contributed by atoms with van der Waals surface area (Å²) < 4.78 is 29.0. The maximum absolute atomic E-state index is 14.5. The first-order chi connectivity index (χ1) is 14.3. The van der Waals surface area contributed by atoms with Crippen molar-refractivity contribution in [1.82, 2.24) is 14.9 Å². The quantitative estimate of drug-likeness (QED) is 0.447. The van der Waals surface area contributed by atoms with E-state index in [9.17, 15) is 18.4 Å². The zero-order valence-corrected chi connectivity index (χ0v) is 17.8. The fourth-order valence-electron chi connectivity index (χ4n) is 2.91. The van der Waals surface area contributed by atoms with Crippen LogP contribution in [0.3, 0.4) is 0 Å². The lowest BCUT2D eigenvalue weighted by atomic mass is 10.1. The van der Waals surface area contributed by atoms with E-state index in [1.807, 2.05) is 0 Å². The van der Waals surface area contributed by atoms with Gasteiger partial charge in [0.1, 0.15) is 11.6 Å². The van der Waals surface area contributed by atoms with Crippen molar-refractivity contribution in [2.24, 2.45) is 5.92 Å².